The van der Waals surface area contributed by atoms with Gasteiger partial charge in [0, 0.05) is 39.5 Å². The lowest BCUT2D eigenvalue weighted by atomic mass is 10.3. The van der Waals surface area contributed by atoms with Crippen molar-refractivity contribution in [3.05, 3.63) is 12.7 Å². The molecule has 5 heteroatoms. The molecule has 0 aliphatic heterocycles. The van der Waals surface area contributed by atoms with Crippen LogP contribution in [-0.4, -0.2) is 61.9 Å². The molecule has 0 saturated heterocycles. The number of nitrogens with zero attached hydrogens (tertiary/aromatic N) is 2. The van der Waals surface area contributed by atoms with Gasteiger partial charge in [0.1, 0.15) is 0 Å². The summed E-state index contributed by atoms with van der Waals surface area (Å²) in [5.74, 6) is -0.0515. The number of carbonyl (C=O) groups excluding carboxylic acids is 2. The Kier molecular flexibility index (Phi) is 8.05. The first-order chi connectivity index (χ1) is 7.97. The summed E-state index contributed by atoms with van der Waals surface area (Å²) in [4.78, 5) is 26.4. The van der Waals surface area contributed by atoms with E-state index < -0.39 is 0 Å². The summed E-state index contributed by atoms with van der Waals surface area (Å²) in [6, 6.07) is 0. The van der Waals surface area contributed by atoms with E-state index in [1.165, 1.54) is 6.92 Å². The van der Waals surface area contributed by atoms with Gasteiger partial charge < -0.3 is 15.1 Å². The molecule has 0 spiro atoms. The van der Waals surface area contributed by atoms with Crippen molar-refractivity contribution in [1.29, 1.82) is 0 Å². The molecule has 0 aromatic carbocycles. The first kappa shape index (κ1) is 15.6. The average Bonchev–Trinajstić information content (AvgIpc) is 2.25. The van der Waals surface area contributed by atoms with Crippen LogP contribution in [-0.2, 0) is 9.59 Å². The monoisotopic (exact) mass is 241 g/mol. The normalized spacial score (nSPS) is 10.1. The molecule has 0 aliphatic carbocycles. The number of nitrogens with one attached hydrogen (secondary N) is 1. The van der Waals surface area contributed by atoms with E-state index in [1.807, 2.05) is 19.0 Å². The van der Waals surface area contributed by atoms with Crippen LogP contribution in [0.15, 0.2) is 12.7 Å². The molecular formula is C12H23N3O2. The second-order valence-corrected chi connectivity index (χ2v) is 4.15. The van der Waals surface area contributed by atoms with Crippen molar-refractivity contribution in [2.24, 2.45) is 0 Å². The molecule has 98 valence electrons. The number of amides is 2. The van der Waals surface area contributed by atoms with Crippen LogP contribution in [0.2, 0.25) is 0 Å². The quantitative estimate of drug-likeness (QED) is 0.613. The molecule has 0 saturated carbocycles. The highest BCUT2D eigenvalue weighted by molar-refractivity contribution is 5.78. The summed E-state index contributed by atoms with van der Waals surface area (Å²) in [5.41, 5.74) is 0. The second kappa shape index (κ2) is 8.75. The van der Waals surface area contributed by atoms with Crippen LogP contribution in [0.25, 0.3) is 0 Å². The van der Waals surface area contributed by atoms with Gasteiger partial charge in [-0.25, -0.2) is 0 Å². The van der Waals surface area contributed by atoms with Gasteiger partial charge in [-0.1, -0.05) is 6.08 Å². The van der Waals surface area contributed by atoms with Gasteiger partial charge in [-0.2, -0.15) is 0 Å². The molecule has 0 aromatic rings. The minimum Gasteiger partial charge on any atom is -0.353 e. The Morgan fingerprint density at radius 3 is 2.35 bits per heavy atom. The fourth-order valence-electron chi connectivity index (χ4n) is 1.26. The lowest BCUT2D eigenvalue weighted by Gasteiger charge is -2.22. The van der Waals surface area contributed by atoms with E-state index in [-0.39, 0.29) is 11.8 Å². The minimum atomic E-state index is -0.0546. The fourth-order valence-corrected chi connectivity index (χ4v) is 1.26. The van der Waals surface area contributed by atoms with Gasteiger partial charge in [-0.3, -0.25) is 9.59 Å². The number of hydrogen-bond acceptors (Lipinski definition) is 3. The van der Waals surface area contributed by atoms with Gasteiger partial charge in [0.2, 0.25) is 11.8 Å². The van der Waals surface area contributed by atoms with E-state index in [4.69, 9.17) is 0 Å². The van der Waals surface area contributed by atoms with E-state index in [0.29, 0.717) is 26.1 Å². The summed E-state index contributed by atoms with van der Waals surface area (Å²) in [6.07, 6.45) is 1.97. The maximum absolute atomic E-state index is 11.4. The number of carbonyl (C=O) groups is 2. The highest BCUT2D eigenvalue weighted by atomic mass is 16.2. The molecule has 0 unspecified atom stereocenters. The van der Waals surface area contributed by atoms with E-state index in [1.54, 1.807) is 11.0 Å². The Morgan fingerprint density at radius 2 is 1.88 bits per heavy atom. The average molecular weight is 241 g/mol. The molecule has 0 atom stereocenters. The Labute approximate surface area is 103 Å². The van der Waals surface area contributed by atoms with Gasteiger partial charge >= 0.3 is 0 Å². The largest absolute Gasteiger partial charge is 0.353 e. The number of likely N-dealkylation sites (N-methyl/N-ethyl adjacent to an activating group) is 1. The van der Waals surface area contributed by atoms with Crippen LogP contribution in [0.5, 0.6) is 0 Å². The third-order valence-corrected chi connectivity index (χ3v) is 2.31. The van der Waals surface area contributed by atoms with Crippen molar-refractivity contribution in [2.75, 3.05) is 40.3 Å². The summed E-state index contributed by atoms with van der Waals surface area (Å²) in [7, 11) is 3.91. The van der Waals surface area contributed by atoms with Crippen LogP contribution >= 0.6 is 0 Å². The van der Waals surface area contributed by atoms with Crippen molar-refractivity contribution >= 4 is 11.8 Å². The van der Waals surface area contributed by atoms with E-state index in [0.717, 1.165) is 6.54 Å². The topological polar surface area (TPSA) is 52.7 Å². The first-order valence-electron chi connectivity index (χ1n) is 5.75. The van der Waals surface area contributed by atoms with Crippen LogP contribution in [0.1, 0.15) is 13.3 Å². The third kappa shape index (κ3) is 8.45. The van der Waals surface area contributed by atoms with Crippen molar-refractivity contribution in [1.82, 2.24) is 15.1 Å². The molecule has 1 N–H and O–H groups in total. The molecule has 0 aromatic heterocycles. The van der Waals surface area contributed by atoms with Crippen LogP contribution in [0.4, 0.5) is 0 Å². The molecule has 0 bridgehead atoms. The second-order valence-electron chi connectivity index (χ2n) is 4.15. The third-order valence-electron chi connectivity index (χ3n) is 2.31. The van der Waals surface area contributed by atoms with Crippen LogP contribution < -0.4 is 5.32 Å². The van der Waals surface area contributed by atoms with Gasteiger partial charge in [-0.15, -0.1) is 6.58 Å². The SMILES string of the molecule is C=CCNC(=O)CCN(CCN(C)C)C(C)=O. The highest BCUT2D eigenvalue weighted by Crippen LogP contribution is 1.94. The van der Waals surface area contributed by atoms with Crippen molar-refractivity contribution in [3.63, 3.8) is 0 Å². The fraction of sp³-hybridized carbons (Fsp3) is 0.667. The first-order valence-corrected chi connectivity index (χ1v) is 5.75. The van der Waals surface area contributed by atoms with Crippen LogP contribution in [0, 0.1) is 0 Å². The van der Waals surface area contributed by atoms with E-state index in [2.05, 4.69) is 11.9 Å². The van der Waals surface area contributed by atoms with Gasteiger partial charge in [-0.05, 0) is 14.1 Å². The smallest absolute Gasteiger partial charge is 0.222 e. The molecule has 5 nitrogen and oxygen atoms in total. The maximum atomic E-state index is 11.4. The predicted molar refractivity (Wildman–Crippen MR) is 68.6 cm³/mol. The molecule has 0 heterocycles. The molecule has 0 rings (SSSR count). The number of rotatable bonds is 8. The lowest BCUT2D eigenvalue weighted by Crippen LogP contribution is -2.38. The van der Waals surface area contributed by atoms with Gasteiger partial charge in [0.15, 0.2) is 0 Å². The molecule has 17 heavy (non-hydrogen) atoms. The summed E-state index contributed by atoms with van der Waals surface area (Å²) >= 11 is 0. The number of hydrogen-bond donors (Lipinski definition) is 1. The Morgan fingerprint density at radius 1 is 1.24 bits per heavy atom. The summed E-state index contributed by atoms with van der Waals surface area (Å²) in [6.45, 7) is 7.43. The van der Waals surface area contributed by atoms with Crippen LogP contribution in [0.3, 0.4) is 0 Å². The Balaban J connectivity index is 3.96. The van der Waals surface area contributed by atoms with Crippen molar-refractivity contribution < 1.29 is 9.59 Å². The van der Waals surface area contributed by atoms with Gasteiger partial charge in [0.25, 0.3) is 0 Å². The molecule has 0 aliphatic rings. The van der Waals surface area contributed by atoms with E-state index >= 15 is 0 Å². The molecule has 0 radical (unpaired) electrons. The Hall–Kier alpha value is -1.36. The predicted octanol–water partition coefficient (Wildman–Crippen LogP) is 0.0888. The van der Waals surface area contributed by atoms with Gasteiger partial charge in [0.05, 0.1) is 0 Å². The maximum Gasteiger partial charge on any atom is 0.222 e. The lowest BCUT2D eigenvalue weighted by molar-refractivity contribution is -0.129. The minimum absolute atomic E-state index is 0.00312. The van der Waals surface area contributed by atoms with Crippen molar-refractivity contribution in [3.8, 4) is 0 Å². The molecule has 0 fully saturated rings. The van der Waals surface area contributed by atoms with E-state index in [9.17, 15) is 9.59 Å². The summed E-state index contributed by atoms with van der Waals surface area (Å²) < 4.78 is 0. The molecule has 2 amide bonds. The van der Waals surface area contributed by atoms with Crippen molar-refractivity contribution in [2.45, 2.75) is 13.3 Å². The highest BCUT2D eigenvalue weighted by Gasteiger charge is 2.10. The molecular weight excluding hydrogens is 218 g/mol. The zero-order chi connectivity index (χ0) is 13.3. The zero-order valence-corrected chi connectivity index (χ0v) is 11.0. The summed E-state index contributed by atoms with van der Waals surface area (Å²) in [5, 5.41) is 2.69. The zero-order valence-electron chi connectivity index (χ0n) is 11.0. The Bertz CT molecular complexity index is 264. The standard InChI is InChI=1S/C12H23N3O2/c1-5-7-13-12(17)6-8-15(11(2)16)10-9-14(3)4/h5H,1,6-10H2,2-4H3,(H,13,17).